The first kappa shape index (κ1) is 13.7. The molecule has 0 aromatic heterocycles. The maximum Gasteiger partial charge on any atom is 0.337 e. The van der Waals surface area contributed by atoms with Crippen LogP contribution in [0.1, 0.15) is 10.4 Å². The van der Waals surface area contributed by atoms with Gasteiger partial charge in [0.2, 0.25) is 0 Å². The minimum absolute atomic E-state index is 0.0422. The van der Waals surface area contributed by atoms with Crippen LogP contribution in [0, 0.1) is 0 Å². The summed E-state index contributed by atoms with van der Waals surface area (Å²) < 4.78 is 0.796. The maximum atomic E-state index is 11.1. The molecule has 0 spiro atoms. The molecule has 1 aromatic carbocycles. The van der Waals surface area contributed by atoms with E-state index in [9.17, 15) is 4.79 Å². The summed E-state index contributed by atoms with van der Waals surface area (Å²) in [6.07, 6.45) is 1.67. The molecule has 0 aliphatic carbocycles. The second-order valence-electron chi connectivity index (χ2n) is 3.42. The van der Waals surface area contributed by atoms with Crippen molar-refractivity contribution in [3.63, 3.8) is 0 Å². The number of anilines is 1. The number of benzene rings is 1. The zero-order valence-corrected chi connectivity index (χ0v) is 10.9. The van der Waals surface area contributed by atoms with Crippen molar-refractivity contribution >= 4 is 27.6 Å². The van der Waals surface area contributed by atoms with Crippen LogP contribution in [0.2, 0.25) is 0 Å². The molecule has 0 radical (unpaired) electrons. The van der Waals surface area contributed by atoms with Gasteiger partial charge in [-0.3, -0.25) is 0 Å². The summed E-state index contributed by atoms with van der Waals surface area (Å²) in [5.41, 5.74) is 0.782. The van der Waals surface area contributed by atoms with Crippen LogP contribution in [0.5, 0.6) is 0 Å². The van der Waals surface area contributed by atoms with E-state index in [0.717, 1.165) is 4.47 Å². The average Bonchev–Trinajstić information content (AvgIpc) is 2.28. The fourth-order valence-corrected chi connectivity index (χ4v) is 1.88. The standard InChI is InChI=1S/C12H14BrNO3/c1-2-5-14(6-7-15)11-8-9(13)3-4-10(11)12(16)17/h2-4,8,15H,1,5-7H2,(H,16,17). The number of hydrogen-bond donors (Lipinski definition) is 2. The lowest BCUT2D eigenvalue weighted by Crippen LogP contribution is -2.28. The molecule has 92 valence electrons. The summed E-state index contributed by atoms with van der Waals surface area (Å²) in [4.78, 5) is 12.9. The lowest BCUT2D eigenvalue weighted by Gasteiger charge is -2.24. The predicted molar refractivity (Wildman–Crippen MR) is 70.6 cm³/mol. The zero-order chi connectivity index (χ0) is 12.8. The van der Waals surface area contributed by atoms with E-state index in [4.69, 9.17) is 10.2 Å². The molecule has 0 saturated heterocycles. The van der Waals surface area contributed by atoms with Gasteiger partial charge in [-0.15, -0.1) is 6.58 Å². The molecule has 0 unspecified atom stereocenters. The molecule has 17 heavy (non-hydrogen) atoms. The fraction of sp³-hybridized carbons (Fsp3) is 0.250. The van der Waals surface area contributed by atoms with Crippen LogP contribution in [0.25, 0.3) is 0 Å². The highest BCUT2D eigenvalue weighted by molar-refractivity contribution is 9.10. The second-order valence-corrected chi connectivity index (χ2v) is 4.34. The third-order valence-corrected chi connectivity index (χ3v) is 2.74. The van der Waals surface area contributed by atoms with E-state index in [-0.39, 0.29) is 12.2 Å². The Labute approximate surface area is 108 Å². The van der Waals surface area contributed by atoms with Crippen LogP contribution in [0.4, 0.5) is 5.69 Å². The Kier molecular flexibility index (Phi) is 5.18. The van der Waals surface area contributed by atoms with Gasteiger partial charge in [0.25, 0.3) is 0 Å². The first-order chi connectivity index (χ1) is 8.10. The molecule has 0 atom stereocenters. The Hall–Kier alpha value is -1.33. The summed E-state index contributed by atoms with van der Waals surface area (Å²) in [7, 11) is 0. The molecule has 0 bridgehead atoms. The first-order valence-electron chi connectivity index (χ1n) is 5.09. The molecule has 1 aromatic rings. The van der Waals surface area contributed by atoms with Crippen molar-refractivity contribution in [1.29, 1.82) is 0 Å². The summed E-state index contributed by atoms with van der Waals surface area (Å²) in [5, 5.41) is 18.1. The molecule has 0 aliphatic rings. The van der Waals surface area contributed by atoms with E-state index < -0.39 is 5.97 Å². The Bertz CT molecular complexity index is 420. The first-order valence-corrected chi connectivity index (χ1v) is 5.89. The number of aromatic carboxylic acids is 1. The smallest absolute Gasteiger partial charge is 0.337 e. The van der Waals surface area contributed by atoms with Crippen LogP contribution in [0.15, 0.2) is 35.3 Å². The van der Waals surface area contributed by atoms with Gasteiger partial charge in [0.05, 0.1) is 17.9 Å². The van der Waals surface area contributed by atoms with Crippen molar-refractivity contribution in [3.8, 4) is 0 Å². The number of nitrogens with zero attached hydrogens (tertiary/aromatic N) is 1. The van der Waals surface area contributed by atoms with Crippen molar-refractivity contribution in [2.24, 2.45) is 0 Å². The van der Waals surface area contributed by atoms with Gasteiger partial charge in [0.15, 0.2) is 0 Å². The van der Waals surface area contributed by atoms with E-state index in [1.165, 1.54) is 6.07 Å². The van der Waals surface area contributed by atoms with Crippen LogP contribution in [-0.4, -0.2) is 35.9 Å². The van der Waals surface area contributed by atoms with Crippen molar-refractivity contribution in [2.75, 3.05) is 24.6 Å². The Morgan fingerprint density at radius 1 is 1.53 bits per heavy atom. The van der Waals surface area contributed by atoms with Crippen LogP contribution in [-0.2, 0) is 0 Å². The third kappa shape index (κ3) is 3.57. The highest BCUT2D eigenvalue weighted by Gasteiger charge is 2.15. The Morgan fingerprint density at radius 2 is 2.24 bits per heavy atom. The van der Waals surface area contributed by atoms with Gasteiger partial charge in [-0.1, -0.05) is 22.0 Å². The third-order valence-electron chi connectivity index (χ3n) is 2.25. The molecule has 0 aliphatic heterocycles. The van der Waals surface area contributed by atoms with Crippen LogP contribution >= 0.6 is 15.9 Å². The fourth-order valence-electron chi connectivity index (χ4n) is 1.53. The van der Waals surface area contributed by atoms with Gasteiger partial charge < -0.3 is 15.1 Å². The molecule has 5 heteroatoms. The molecule has 0 saturated carbocycles. The summed E-state index contributed by atoms with van der Waals surface area (Å²) in [6, 6.07) is 4.94. The second kappa shape index (κ2) is 6.42. The predicted octanol–water partition coefficient (Wildman–Crippen LogP) is 2.13. The lowest BCUT2D eigenvalue weighted by molar-refractivity contribution is 0.0697. The van der Waals surface area contributed by atoms with Crippen LogP contribution in [0.3, 0.4) is 0 Å². The molecule has 0 fully saturated rings. The van der Waals surface area contributed by atoms with Gasteiger partial charge in [-0.2, -0.15) is 0 Å². The number of aliphatic hydroxyl groups is 1. The van der Waals surface area contributed by atoms with Crippen molar-refractivity contribution in [1.82, 2.24) is 0 Å². The molecule has 1 rings (SSSR count). The molecular formula is C12H14BrNO3. The van der Waals surface area contributed by atoms with E-state index in [2.05, 4.69) is 22.5 Å². The van der Waals surface area contributed by atoms with Crippen molar-refractivity contribution in [2.45, 2.75) is 0 Å². The van der Waals surface area contributed by atoms with Crippen molar-refractivity contribution in [3.05, 3.63) is 40.9 Å². The van der Waals surface area contributed by atoms with Gasteiger partial charge in [0, 0.05) is 17.6 Å². The molecule has 0 heterocycles. The minimum Gasteiger partial charge on any atom is -0.478 e. The van der Waals surface area contributed by atoms with Gasteiger partial charge in [-0.25, -0.2) is 4.79 Å². The number of carboxylic acid groups (broad SMARTS) is 1. The molecule has 2 N–H and O–H groups in total. The lowest BCUT2D eigenvalue weighted by atomic mass is 10.1. The largest absolute Gasteiger partial charge is 0.478 e. The number of carbonyl (C=O) groups is 1. The van der Waals surface area contributed by atoms with E-state index in [1.807, 2.05) is 0 Å². The van der Waals surface area contributed by atoms with E-state index in [0.29, 0.717) is 18.8 Å². The highest BCUT2D eigenvalue weighted by Crippen LogP contribution is 2.25. The van der Waals surface area contributed by atoms with E-state index >= 15 is 0 Å². The summed E-state index contributed by atoms with van der Waals surface area (Å²) >= 11 is 3.31. The SMILES string of the molecule is C=CCN(CCO)c1cc(Br)ccc1C(=O)O. The normalized spacial score (nSPS) is 10.0. The van der Waals surface area contributed by atoms with Crippen molar-refractivity contribution < 1.29 is 15.0 Å². The highest BCUT2D eigenvalue weighted by atomic mass is 79.9. The van der Waals surface area contributed by atoms with Crippen LogP contribution < -0.4 is 4.90 Å². The Morgan fingerprint density at radius 3 is 2.76 bits per heavy atom. The number of aliphatic hydroxyl groups excluding tert-OH is 1. The van der Waals surface area contributed by atoms with Gasteiger partial charge in [0.1, 0.15) is 0 Å². The van der Waals surface area contributed by atoms with Gasteiger partial charge in [-0.05, 0) is 18.2 Å². The molecule has 0 amide bonds. The Balaban J connectivity index is 3.18. The zero-order valence-electron chi connectivity index (χ0n) is 9.27. The molecule has 4 nitrogen and oxygen atoms in total. The monoisotopic (exact) mass is 299 g/mol. The summed E-state index contributed by atoms with van der Waals surface area (Å²) in [6.45, 7) is 4.43. The number of halogens is 1. The molecular weight excluding hydrogens is 286 g/mol. The van der Waals surface area contributed by atoms with Gasteiger partial charge >= 0.3 is 5.97 Å². The minimum atomic E-state index is -0.987. The number of hydrogen-bond acceptors (Lipinski definition) is 3. The average molecular weight is 300 g/mol. The van der Waals surface area contributed by atoms with E-state index in [1.54, 1.807) is 23.1 Å². The topological polar surface area (TPSA) is 60.8 Å². The maximum absolute atomic E-state index is 11.1. The quantitative estimate of drug-likeness (QED) is 0.790. The number of carboxylic acids is 1. The summed E-state index contributed by atoms with van der Waals surface area (Å²) in [5.74, 6) is -0.987. The number of rotatable bonds is 6.